The average molecular weight is 493 g/mol. The lowest BCUT2D eigenvalue weighted by atomic mass is 9.74. The molecule has 0 aliphatic carbocycles. The van der Waals surface area contributed by atoms with E-state index in [-0.39, 0.29) is 23.3 Å². The highest BCUT2D eigenvalue weighted by molar-refractivity contribution is 6.30. The normalized spacial score (nSPS) is 19.8. The largest absolute Gasteiger partial charge is 0.343 e. The van der Waals surface area contributed by atoms with Crippen molar-refractivity contribution in [3.05, 3.63) is 70.2 Å². The first-order chi connectivity index (χ1) is 16.9. The molecule has 2 atom stereocenters. The van der Waals surface area contributed by atoms with Crippen molar-refractivity contribution in [2.75, 3.05) is 13.1 Å². The van der Waals surface area contributed by atoms with Crippen LogP contribution in [0.1, 0.15) is 49.3 Å². The molecule has 35 heavy (non-hydrogen) atoms. The zero-order valence-corrected chi connectivity index (χ0v) is 21.0. The van der Waals surface area contributed by atoms with Gasteiger partial charge in [0.1, 0.15) is 6.04 Å². The fraction of sp³-hybridized carbons (Fsp3) is 0.464. The van der Waals surface area contributed by atoms with Crippen LogP contribution in [-0.4, -0.2) is 41.9 Å². The number of carbonyl (C=O) groups is 2. The number of nitriles is 1. The summed E-state index contributed by atoms with van der Waals surface area (Å²) in [6.45, 7) is 3.97. The smallest absolute Gasteiger partial charge is 0.245 e. The number of likely N-dealkylation sites (tertiary alicyclic amines) is 1. The van der Waals surface area contributed by atoms with Gasteiger partial charge in [-0.1, -0.05) is 54.9 Å². The highest BCUT2D eigenvalue weighted by Gasteiger charge is 2.37. The van der Waals surface area contributed by atoms with Crippen molar-refractivity contribution in [1.29, 1.82) is 5.26 Å². The first-order valence-corrected chi connectivity index (χ1v) is 12.8. The second-order valence-corrected chi connectivity index (χ2v) is 10.2. The van der Waals surface area contributed by atoms with E-state index in [2.05, 4.69) is 35.8 Å². The van der Waals surface area contributed by atoms with Gasteiger partial charge in [-0.05, 0) is 59.9 Å². The van der Waals surface area contributed by atoms with Gasteiger partial charge in [0.15, 0.2) is 0 Å². The molecule has 0 spiro atoms. The molecule has 2 aromatic rings. The topological polar surface area (TPSA) is 85.2 Å². The Kier molecular flexibility index (Phi) is 8.10. The number of nitrogens with one attached hydrogen (secondary N) is 2. The fourth-order valence-corrected chi connectivity index (χ4v) is 5.34. The quantitative estimate of drug-likeness (QED) is 0.611. The van der Waals surface area contributed by atoms with E-state index in [0.29, 0.717) is 43.9 Å². The van der Waals surface area contributed by atoms with E-state index in [1.165, 1.54) is 5.56 Å². The van der Waals surface area contributed by atoms with E-state index in [9.17, 15) is 14.9 Å². The third-order valence-corrected chi connectivity index (χ3v) is 7.96. The summed E-state index contributed by atoms with van der Waals surface area (Å²) in [4.78, 5) is 28.8. The molecule has 6 nitrogen and oxygen atoms in total. The maximum absolute atomic E-state index is 13.6. The number of nitrogens with zero attached hydrogens (tertiary/aromatic N) is 2. The van der Waals surface area contributed by atoms with Gasteiger partial charge in [0.2, 0.25) is 11.8 Å². The summed E-state index contributed by atoms with van der Waals surface area (Å²) in [5.74, 6) is -0.220. The number of halogens is 1. The molecule has 0 bridgehead atoms. The SMILES string of the molecule is CCC1(CC#N)CCN(C(=O)[C@H](Cc2ccc(Cl)cc2)NC(=O)[C@H]2Cc3ccccc3CN2)CC1. The van der Waals surface area contributed by atoms with Crippen LogP contribution in [-0.2, 0) is 29.0 Å². The Morgan fingerprint density at radius 2 is 1.86 bits per heavy atom. The summed E-state index contributed by atoms with van der Waals surface area (Å²) in [6, 6.07) is 16.8. The highest BCUT2D eigenvalue weighted by atomic mass is 35.5. The van der Waals surface area contributed by atoms with Crippen LogP contribution in [0.3, 0.4) is 0 Å². The van der Waals surface area contributed by atoms with E-state index in [1.54, 1.807) is 12.1 Å². The molecule has 2 aliphatic rings. The van der Waals surface area contributed by atoms with Crippen molar-refractivity contribution in [1.82, 2.24) is 15.5 Å². The molecule has 0 unspecified atom stereocenters. The predicted octanol–water partition coefficient (Wildman–Crippen LogP) is 4.01. The van der Waals surface area contributed by atoms with Crippen molar-refractivity contribution in [3.8, 4) is 6.07 Å². The minimum Gasteiger partial charge on any atom is -0.343 e. The molecule has 1 saturated heterocycles. The van der Waals surface area contributed by atoms with E-state index in [1.807, 2.05) is 29.2 Å². The summed E-state index contributed by atoms with van der Waals surface area (Å²) in [5.41, 5.74) is 3.30. The Balaban J connectivity index is 1.47. The molecular formula is C28H33ClN4O2. The molecule has 4 rings (SSSR count). The van der Waals surface area contributed by atoms with Crippen LogP contribution in [0.2, 0.25) is 5.02 Å². The number of piperidine rings is 1. The number of carbonyl (C=O) groups excluding carboxylic acids is 2. The average Bonchev–Trinajstić information content (AvgIpc) is 2.89. The molecule has 1 fully saturated rings. The van der Waals surface area contributed by atoms with Crippen LogP contribution in [0, 0.1) is 16.7 Å². The maximum atomic E-state index is 13.6. The summed E-state index contributed by atoms with van der Waals surface area (Å²) in [6.07, 6.45) is 4.07. The second kappa shape index (κ2) is 11.2. The Labute approximate surface area is 212 Å². The molecule has 7 heteroatoms. The molecule has 0 radical (unpaired) electrons. The van der Waals surface area contributed by atoms with Crippen molar-refractivity contribution in [2.24, 2.45) is 5.41 Å². The monoisotopic (exact) mass is 492 g/mol. The standard InChI is InChI=1S/C28H33ClN4O2/c1-2-28(11-14-30)12-15-33(16-13-28)27(35)25(17-20-7-9-23(29)10-8-20)32-26(34)24-18-21-5-3-4-6-22(21)19-31-24/h3-10,24-25,31H,2,11-13,15-19H2,1H3,(H,32,34)/t24-,25+/m1/s1. The van der Waals surface area contributed by atoms with Crippen LogP contribution in [0.15, 0.2) is 48.5 Å². The van der Waals surface area contributed by atoms with Gasteiger partial charge in [0.25, 0.3) is 0 Å². The lowest BCUT2D eigenvalue weighted by Crippen LogP contribution is -2.57. The van der Waals surface area contributed by atoms with E-state index in [0.717, 1.165) is 30.4 Å². The third-order valence-electron chi connectivity index (χ3n) is 7.71. The Bertz CT molecular complexity index is 1090. The third kappa shape index (κ3) is 6.04. The maximum Gasteiger partial charge on any atom is 0.245 e. The van der Waals surface area contributed by atoms with Crippen LogP contribution >= 0.6 is 11.6 Å². The van der Waals surface area contributed by atoms with Gasteiger partial charge in [-0.3, -0.25) is 9.59 Å². The molecule has 0 saturated carbocycles. The number of rotatable bonds is 7. The van der Waals surface area contributed by atoms with Crippen LogP contribution in [0.5, 0.6) is 0 Å². The second-order valence-electron chi connectivity index (χ2n) is 9.81. The summed E-state index contributed by atoms with van der Waals surface area (Å²) < 4.78 is 0. The van der Waals surface area contributed by atoms with Crippen molar-refractivity contribution in [3.63, 3.8) is 0 Å². The zero-order valence-electron chi connectivity index (χ0n) is 20.2. The first kappa shape index (κ1) is 25.2. The fourth-order valence-electron chi connectivity index (χ4n) is 5.21. The van der Waals surface area contributed by atoms with Crippen LogP contribution in [0.25, 0.3) is 0 Å². The van der Waals surface area contributed by atoms with Gasteiger partial charge in [-0.2, -0.15) is 5.26 Å². The van der Waals surface area contributed by atoms with Gasteiger partial charge in [0.05, 0.1) is 12.1 Å². The molecule has 2 aromatic carbocycles. The van der Waals surface area contributed by atoms with Crippen LogP contribution < -0.4 is 10.6 Å². The Morgan fingerprint density at radius 3 is 2.51 bits per heavy atom. The van der Waals surface area contributed by atoms with E-state index in [4.69, 9.17) is 11.6 Å². The molecule has 2 aliphatic heterocycles. The molecule has 0 aromatic heterocycles. The zero-order chi connectivity index (χ0) is 24.8. The van der Waals surface area contributed by atoms with E-state index < -0.39 is 6.04 Å². The molecule has 2 heterocycles. The Morgan fingerprint density at radius 1 is 1.17 bits per heavy atom. The van der Waals surface area contributed by atoms with Gasteiger partial charge in [-0.15, -0.1) is 0 Å². The highest BCUT2D eigenvalue weighted by Crippen LogP contribution is 2.38. The summed E-state index contributed by atoms with van der Waals surface area (Å²) in [7, 11) is 0. The molecule has 2 amide bonds. The predicted molar refractivity (Wildman–Crippen MR) is 137 cm³/mol. The van der Waals surface area contributed by atoms with Crippen molar-refractivity contribution < 1.29 is 9.59 Å². The van der Waals surface area contributed by atoms with Gasteiger partial charge < -0.3 is 15.5 Å². The first-order valence-electron chi connectivity index (χ1n) is 12.4. The molecule has 184 valence electrons. The van der Waals surface area contributed by atoms with Crippen LogP contribution in [0.4, 0.5) is 0 Å². The van der Waals surface area contributed by atoms with Gasteiger partial charge in [0, 0.05) is 37.5 Å². The Hall–Kier alpha value is -2.88. The number of amides is 2. The lowest BCUT2D eigenvalue weighted by molar-refractivity contribution is -0.139. The summed E-state index contributed by atoms with van der Waals surface area (Å²) in [5, 5.41) is 16.3. The lowest BCUT2D eigenvalue weighted by Gasteiger charge is -2.41. The number of fused-ring (bicyclic) bond motifs is 1. The van der Waals surface area contributed by atoms with E-state index >= 15 is 0 Å². The number of benzene rings is 2. The minimum atomic E-state index is -0.660. The van der Waals surface area contributed by atoms with Crippen molar-refractivity contribution >= 4 is 23.4 Å². The van der Waals surface area contributed by atoms with Gasteiger partial charge >= 0.3 is 0 Å². The minimum absolute atomic E-state index is 0.0140. The molecular weight excluding hydrogens is 460 g/mol. The summed E-state index contributed by atoms with van der Waals surface area (Å²) >= 11 is 6.05. The number of hydrogen-bond donors (Lipinski definition) is 2. The molecule has 2 N–H and O–H groups in total. The van der Waals surface area contributed by atoms with Crippen molar-refractivity contribution in [2.45, 2.75) is 64.1 Å². The number of hydrogen-bond acceptors (Lipinski definition) is 4. The van der Waals surface area contributed by atoms with Gasteiger partial charge in [-0.25, -0.2) is 0 Å².